The molecule has 0 spiro atoms. The fourth-order valence-electron chi connectivity index (χ4n) is 2.56. The third-order valence-electron chi connectivity index (χ3n) is 3.80. The summed E-state index contributed by atoms with van der Waals surface area (Å²) in [6.07, 6.45) is 5.16. The van der Waals surface area contributed by atoms with Gasteiger partial charge in [0.15, 0.2) is 0 Å². The molecule has 1 aromatic rings. The fourth-order valence-corrected chi connectivity index (χ4v) is 2.56. The highest BCUT2D eigenvalue weighted by atomic mass is 35.5. The molecule has 0 bridgehead atoms. The summed E-state index contributed by atoms with van der Waals surface area (Å²) in [6.45, 7) is 10.6. The van der Waals surface area contributed by atoms with Crippen molar-refractivity contribution < 1.29 is 0 Å². The minimum absolute atomic E-state index is 0. The van der Waals surface area contributed by atoms with Gasteiger partial charge < -0.3 is 10.3 Å². The topological polar surface area (TPSA) is 47.1 Å². The Morgan fingerprint density at radius 3 is 2.63 bits per heavy atom. The van der Waals surface area contributed by atoms with Crippen LogP contribution in [-0.2, 0) is 6.54 Å². The first-order valence-electron chi connectivity index (χ1n) is 6.48. The van der Waals surface area contributed by atoms with Crippen LogP contribution in [0.3, 0.4) is 0 Å². The summed E-state index contributed by atoms with van der Waals surface area (Å²) in [5.41, 5.74) is 6.14. The van der Waals surface area contributed by atoms with Gasteiger partial charge in [-0.2, -0.15) is 0 Å². The Bertz CT molecular complexity index is 380. The summed E-state index contributed by atoms with van der Waals surface area (Å²) in [7, 11) is 0. The van der Waals surface area contributed by atoms with Crippen molar-refractivity contribution in [2.24, 2.45) is 11.1 Å². The first-order chi connectivity index (χ1) is 8.04. The van der Waals surface area contributed by atoms with E-state index in [1.54, 1.807) is 0 Å². The molecule has 4 nitrogen and oxygen atoms in total. The number of aromatic nitrogens is 2. The Balaban J connectivity index is 0.00000162. The minimum atomic E-state index is 0. The van der Waals surface area contributed by atoms with Gasteiger partial charge in [-0.1, -0.05) is 6.92 Å². The molecule has 1 aliphatic rings. The zero-order valence-corrected chi connectivity index (χ0v) is 13.6. The van der Waals surface area contributed by atoms with Gasteiger partial charge in [-0.15, -0.1) is 24.8 Å². The molecule has 1 fully saturated rings. The SMILES string of the molecule is CC(C)n1ccnc1CN1CCC(C)(CN)C1.Cl.Cl. The lowest BCUT2D eigenvalue weighted by molar-refractivity contribution is 0.264. The van der Waals surface area contributed by atoms with Crippen LogP contribution in [0.2, 0.25) is 0 Å². The Morgan fingerprint density at radius 2 is 2.11 bits per heavy atom. The maximum atomic E-state index is 5.83. The van der Waals surface area contributed by atoms with Crippen LogP contribution in [-0.4, -0.2) is 34.1 Å². The molecular formula is C13H26Cl2N4. The van der Waals surface area contributed by atoms with E-state index in [1.807, 2.05) is 6.20 Å². The molecule has 0 aromatic carbocycles. The summed E-state index contributed by atoms with van der Waals surface area (Å²) in [5.74, 6) is 1.17. The van der Waals surface area contributed by atoms with Gasteiger partial charge in [0.05, 0.1) is 6.54 Å². The highest BCUT2D eigenvalue weighted by Gasteiger charge is 2.32. The molecule has 0 saturated carbocycles. The summed E-state index contributed by atoms with van der Waals surface area (Å²) in [4.78, 5) is 6.93. The number of halogens is 2. The van der Waals surface area contributed by atoms with Crippen LogP contribution in [0.4, 0.5) is 0 Å². The number of nitrogens with two attached hydrogens (primary N) is 1. The molecule has 2 N–H and O–H groups in total. The van der Waals surface area contributed by atoms with E-state index in [1.165, 1.54) is 12.2 Å². The van der Waals surface area contributed by atoms with Crippen LogP contribution >= 0.6 is 24.8 Å². The van der Waals surface area contributed by atoms with Crippen molar-refractivity contribution in [3.05, 3.63) is 18.2 Å². The lowest BCUT2D eigenvalue weighted by Gasteiger charge is -2.23. The lowest BCUT2D eigenvalue weighted by Crippen LogP contribution is -2.31. The van der Waals surface area contributed by atoms with Gasteiger partial charge in [0.25, 0.3) is 0 Å². The van der Waals surface area contributed by atoms with Gasteiger partial charge in [-0.25, -0.2) is 4.98 Å². The molecule has 0 amide bonds. The molecule has 2 rings (SSSR count). The molecule has 2 heterocycles. The van der Waals surface area contributed by atoms with E-state index in [0.717, 1.165) is 26.2 Å². The Kier molecular flexibility index (Phi) is 7.37. The van der Waals surface area contributed by atoms with Crippen molar-refractivity contribution in [2.45, 2.75) is 39.8 Å². The second-order valence-electron chi connectivity index (χ2n) is 5.82. The summed E-state index contributed by atoms with van der Waals surface area (Å²) in [5, 5.41) is 0. The highest BCUT2D eigenvalue weighted by molar-refractivity contribution is 5.85. The minimum Gasteiger partial charge on any atom is -0.331 e. The lowest BCUT2D eigenvalue weighted by atomic mass is 9.90. The van der Waals surface area contributed by atoms with Crippen molar-refractivity contribution in [2.75, 3.05) is 19.6 Å². The smallest absolute Gasteiger partial charge is 0.123 e. The van der Waals surface area contributed by atoms with E-state index < -0.39 is 0 Å². The van der Waals surface area contributed by atoms with Gasteiger partial charge in [-0.3, -0.25) is 4.90 Å². The second kappa shape index (κ2) is 7.48. The van der Waals surface area contributed by atoms with Crippen molar-refractivity contribution in [3.63, 3.8) is 0 Å². The van der Waals surface area contributed by atoms with Gasteiger partial charge in [0.1, 0.15) is 5.82 Å². The third-order valence-corrected chi connectivity index (χ3v) is 3.80. The van der Waals surface area contributed by atoms with Crippen LogP contribution in [0, 0.1) is 5.41 Å². The van der Waals surface area contributed by atoms with Crippen LogP contribution in [0.15, 0.2) is 12.4 Å². The number of imidazole rings is 1. The average molecular weight is 309 g/mol. The van der Waals surface area contributed by atoms with Crippen molar-refractivity contribution in [3.8, 4) is 0 Å². The molecule has 1 unspecified atom stereocenters. The van der Waals surface area contributed by atoms with Crippen molar-refractivity contribution in [1.29, 1.82) is 0 Å². The molecule has 1 aromatic heterocycles. The first-order valence-corrected chi connectivity index (χ1v) is 6.48. The van der Waals surface area contributed by atoms with Crippen molar-refractivity contribution >= 4 is 24.8 Å². The van der Waals surface area contributed by atoms with E-state index in [0.29, 0.717) is 11.5 Å². The number of hydrogen-bond donors (Lipinski definition) is 1. The van der Waals surface area contributed by atoms with Crippen molar-refractivity contribution in [1.82, 2.24) is 14.5 Å². The maximum Gasteiger partial charge on any atom is 0.123 e. The molecule has 0 aliphatic carbocycles. The number of hydrogen-bond acceptors (Lipinski definition) is 3. The fraction of sp³-hybridized carbons (Fsp3) is 0.769. The highest BCUT2D eigenvalue weighted by Crippen LogP contribution is 2.29. The summed E-state index contributed by atoms with van der Waals surface area (Å²) in [6, 6.07) is 0.482. The monoisotopic (exact) mass is 308 g/mol. The normalized spacial score (nSPS) is 23.2. The first kappa shape index (κ1) is 18.7. The quantitative estimate of drug-likeness (QED) is 0.929. The van der Waals surface area contributed by atoms with Gasteiger partial charge in [-0.05, 0) is 38.8 Å². The molecular weight excluding hydrogens is 283 g/mol. The van der Waals surface area contributed by atoms with E-state index in [9.17, 15) is 0 Å². The van der Waals surface area contributed by atoms with Crippen LogP contribution in [0.1, 0.15) is 39.1 Å². The van der Waals surface area contributed by atoms with E-state index in [-0.39, 0.29) is 24.8 Å². The van der Waals surface area contributed by atoms with E-state index in [2.05, 4.69) is 41.4 Å². The third kappa shape index (κ3) is 4.35. The Hall–Kier alpha value is -0.290. The van der Waals surface area contributed by atoms with Gasteiger partial charge in [0.2, 0.25) is 0 Å². The Morgan fingerprint density at radius 1 is 1.42 bits per heavy atom. The van der Waals surface area contributed by atoms with Crippen LogP contribution < -0.4 is 5.73 Å². The Labute approximate surface area is 128 Å². The van der Waals surface area contributed by atoms with E-state index in [4.69, 9.17) is 5.73 Å². The zero-order valence-electron chi connectivity index (χ0n) is 12.0. The summed E-state index contributed by atoms with van der Waals surface area (Å²) < 4.78 is 2.25. The standard InChI is InChI=1S/C13H24N4.2ClH/c1-11(2)17-7-5-15-12(17)8-16-6-4-13(3,9-14)10-16;;/h5,7,11H,4,6,8-10,14H2,1-3H3;2*1H. The maximum absolute atomic E-state index is 5.83. The molecule has 1 atom stereocenters. The van der Waals surface area contributed by atoms with Gasteiger partial charge >= 0.3 is 0 Å². The van der Waals surface area contributed by atoms with Crippen LogP contribution in [0.25, 0.3) is 0 Å². The molecule has 1 saturated heterocycles. The molecule has 1 aliphatic heterocycles. The molecule has 0 radical (unpaired) electrons. The predicted molar refractivity (Wildman–Crippen MR) is 84.2 cm³/mol. The average Bonchev–Trinajstić information content (AvgIpc) is 2.87. The predicted octanol–water partition coefficient (Wildman–Crippen LogP) is 2.48. The summed E-state index contributed by atoms with van der Waals surface area (Å²) >= 11 is 0. The van der Waals surface area contributed by atoms with Gasteiger partial charge in [0, 0.05) is 25.0 Å². The molecule has 112 valence electrons. The number of likely N-dealkylation sites (tertiary alicyclic amines) is 1. The van der Waals surface area contributed by atoms with Crippen LogP contribution in [0.5, 0.6) is 0 Å². The van der Waals surface area contributed by atoms with E-state index >= 15 is 0 Å². The molecule has 6 heteroatoms. The second-order valence-corrected chi connectivity index (χ2v) is 5.82. The molecule has 19 heavy (non-hydrogen) atoms. The number of nitrogens with zero attached hydrogens (tertiary/aromatic N) is 3. The number of rotatable bonds is 4. The largest absolute Gasteiger partial charge is 0.331 e. The zero-order chi connectivity index (χ0) is 12.5.